The number of rotatable bonds is 3. The molecular weight excluding hydrogens is 305 g/mol. The van der Waals surface area contributed by atoms with E-state index < -0.39 is 5.82 Å². The zero-order valence-corrected chi connectivity index (χ0v) is 12.6. The lowest BCUT2D eigenvalue weighted by molar-refractivity contribution is 0.0924. The molecule has 0 spiro atoms. The molecule has 0 aliphatic heterocycles. The van der Waals surface area contributed by atoms with Gasteiger partial charge in [0, 0.05) is 22.5 Å². The number of amides is 1. The van der Waals surface area contributed by atoms with Gasteiger partial charge in [0.2, 0.25) is 0 Å². The Morgan fingerprint density at radius 2 is 2.05 bits per heavy atom. The molecule has 2 aromatic carbocycles. The molecule has 0 aliphatic rings. The maximum atomic E-state index is 13.7. The van der Waals surface area contributed by atoms with Gasteiger partial charge < -0.3 is 9.73 Å². The van der Waals surface area contributed by atoms with Crippen molar-refractivity contribution in [3.8, 4) is 0 Å². The van der Waals surface area contributed by atoms with E-state index in [1.165, 1.54) is 6.07 Å². The van der Waals surface area contributed by atoms with Crippen molar-refractivity contribution in [3.05, 3.63) is 70.2 Å². The maximum absolute atomic E-state index is 13.7. The highest BCUT2D eigenvalue weighted by molar-refractivity contribution is 6.30. The monoisotopic (exact) mass is 317 g/mol. The molecule has 0 fully saturated rings. The van der Waals surface area contributed by atoms with Gasteiger partial charge in [0.05, 0.1) is 0 Å². The standard InChI is InChI=1S/C17H13ClFNO2/c1-10-13-6-3-7-14(19)16(13)22-15(10)17(21)20-9-11-4-2-5-12(18)8-11/h2-8H,9H2,1H3,(H,20,21). The normalized spacial score (nSPS) is 10.9. The van der Waals surface area contributed by atoms with Crippen molar-refractivity contribution in [1.82, 2.24) is 5.32 Å². The molecule has 22 heavy (non-hydrogen) atoms. The fraction of sp³-hybridized carbons (Fsp3) is 0.118. The second-order valence-electron chi connectivity index (χ2n) is 4.99. The van der Waals surface area contributed by atoms with Crippen molar-refractivity contribution in [3.63, 3.8) is 0 Å². The van der Waals surface area contributed by atoms with E-state index in [0.717, 1.165) is 5.56 Å². The number of furan rings is 1. The van der Waals surface area contributed by atoms with E-state index in [0.29, 0.717) is 22.5 Å². The molecule has 1 heterocycles. The number of hydrogen-bond donors (Lipinski definition) is 1. The number of nitrogens with one attached hydrogen (secondary N) is 1. The Bertz CT molecular complexity index is 857. The van der Waals surface area contributed by atoms with Gasteiger partial charge in [-0.1, -0.05) is 35.9 Å². The molecule has 5 heteroatoms. The van der Waals surface area contributed by atoms with Crippen LogP contribution in [0.1, 0.15) is 21.7 Å². The summed E-state index contributed by atoms with van der Waals surface area (Å²) >= 11 is 5.90. The van der Waals surface area contributed by atoms with Crippen molar-refractivity contribution >= 4 is 28.5 Å². The molecule has 3 aromatic rings. The van der Waals surface area contributed by atoms with Crippen LogP contribution in [0.2, 0.25) is 5.02 Å². The SMILES string of the molecule is Cc1c(C(=O)NCc2cccc(Cl)c2)oc2c(F)cccc12. The first kappa shape index (κ1) is 14.6. The van der Waals surface area contributed by atoms with Crippen LogP contribution in [0.15, 0.2) is 46.9 Å². The third kappa shape index (κ3) is 2.70. The minimum absolute atomic E-state index is 0.105. The number of benzene rings is 2. The Balaban J connectivity index is 1.83. The number of para-hydroxylation sites is 1. The molecule has 3 rings (SSSR count). The molecular formula is C17H13ClFNO2. The van der Waals surface area contributed by atoms with Crippen molar-refractivity contribution in [1.29, 1.82) is 0 Å². The number of hydrogen-bond acceptors (Lipinski definition) is 2. The lowest BCUT2D eigenvalue weighted by Gasteiger charge is -2.04. The molecule has 112 valence electrons. The molecule has 1 aromatic heterocycles. The van der Waals surface area contributed by atoms with Crippen LogP contribution in [0.4, 0.5) is 4.39 Å². The summed E-state index contributed by atoms with van der Waals surface area (Å²) in [6, 6.07) is 11.8. The van der Waals surface area contributed by atoms with Gasteiger partial charge in [-0.15, -0.1) is 0 Å². The lowest BCUT2D eigenvalue weighted by Crippen LogP contribution is -2.22. The molecule has 1 N–H and O–H groups in total. The van der Waals surface area contributed by atoms with Crippen LogP contribution in [0, 0.1) is 12.7 Å². The van der Waals surface area contributed by atoms with Gasteiger partial charge in [0.1, 0.15) is 0 Å². The number of halogens is 2. The Labute approximate surface area is 131 Å². The second-order valence-corrected chi connectivity index (χ2v) is 5.42. The summed E-state index contributed by atoms with van der Waals surface area (Å²) in [6.07, 6.45) is 0. The molecule has 0 saturated carbocycles. The van der Waals surface area contributed by atoms with Gasteiger partial charge in [-0.25, -0.2) is 4.39 Å². The number of carbonyl (C=O) groups is 1. The molecule has 1 amide bonds. The van der Waals surface area contributed by atoms with Gasteiger partial charge in [0.25, 0.3) is 5.91 Å². The topological polar surface area (TPSA) is 42.2 Å². The first-order chi connectivity index (χ1) is 10.6. The van der Waals surface area contributed by atoms with Gasteiger partial charge in [-0.2, -0.15) is 0 Å². The minimum Gasteiger partial charge on any atom is -0.448 e. The first-order valence-corrected chi connectivity index (χ1v) is 7.14. The summed E-state index contributed by atoms with van der Waals surface area (Å²) in [5.74, 6) is -0.732. The summed E-state index contributed by atoms with van der Waals surface area (Å²) in [5.41, 5.74) is 1.60. The lowest BCUT2D eigenvalue weighted by atomic mass is 10.1. The highest BCUT2D eigenvalue weighted by Crippen LogP contribution is 2.27. The summed E-state index contributed by atoms with van der Waals surface area (Å²) in [7, 11) is 0. The van der Waals surface area contributed by atoms with Crippen molar-refractivity contribution in [2.75, 3.05) is 0 Å². The third-order valence-corrected chi connectivity index (χ3v) is 3.70. The van der Waals surface area contributed by atoms with E-state index in [1.807, 2.05) is 12.1 Å². The summed E-state index contributed by atoms with van der Waals surface area (Å²) in [4.78, 5) is 12.2. The van der Waals surface area contributed by atoms with Crippen molar-refractivity contribution < 1.29 is 13.6 Å². The molecule has 0 bridgehead atoms. The van der Waals surface area contributed by atoms with E-state index >= 15 is 0 Å². The molecule has 0 aliphatic carbocycles. The highest BCUT2D eigenvalue weighted by Gasteiger charge is 2.19. The van der Waals surface area contributed by atoms with Crippen LogP contribution < -0.4 is 5.32 Å². The van der Waals surface area contributed by atoms with Crippen molar-refractivity contribution in [2.45, 2.75) is 13.5 Å². The number of fused-ring (bicyclic) bond motifs is 1. The van der Waals surface area contributed by atoms with Gasteiger partial charge in [-0.05, 0) is 30.7 Å². The largest absolute Gasteiger partial charge is 0.448 e. The summed E-state index contributed by atoms with van der Waals surface area (Å²) in [6.45, 7) is 2.05. The molecule has 0 radical (unpaired) electrons. The Morgan fingerprint density at radius 3 is 2.77 bits per heavy atom. The number of carbonyl (C=O) groups excluding carboxylic acids is 1. The zero-order valence-electron chi connectivity index (χ0n) is 11.8. The first-order valence-electron chi connectivity index (χ1n) is 6.76. The van der Waals surface area contributed by atoms with E-state index in [9.17, 15) is 9.18 Å². The summed E-state index contributed by atoms with van der Waals surface area (Å²) < 4.78 is 19.1. The average Bonchev–Trinajstić information content (AvgIpc) is 2.84. The fourth-order valence-electron chi connectivity index (χ4n) is 2.33. The van der Waals surface area contributed by atoms with E-state index in [2.05, 4.69) is 5.32 Å². The van der Waals surface area contributed by atoms with Crippen LogP contribution >= 0.6 is 11.6 Å². The zero-order chi connectivity index (χ0) is 15.7. The second kappa shape index (κ2) is 5.81. The van der Waals surface area contributed by atoms with E-state index in [-0.39, 0.29) is 17.3 Å². The molecule has 0 unspecified atom stereocenters. The average molecular weight is 318 g/mol. The van der Waals surface area contributed by atoms with Crippen LogP contribution in [0.25, 0.3) is 11.0 Å². The smallest absolute Gasteiger partial charge is 0.287 e. The predicted octanol–water partition coefficient (Wildman–Crippen LogP) is 4.46. The Hall–Kier alpha value is -2.33. The molecule has 0 saturated heterocycles. The Morgan fingerprint density at radius 1 is 1.27 bits per heavy atom. The Kier molecular flexibility index (Phi) is 3.86. The van der Waals surface area contributed by atoms with E-state index in [4.69, 9.17) is 16.0 Å². The molecule has 3 nitrogen and oxygen atoms in total. The third-order valence-electron chi connectivity index (χ3n) is 3.46. The van der Waals surface area contributed by atoms with Crippen LogP contribution in [-0.4, -0.2) is 5.91 Å². The van der Waals surface area contributed by atoms with Gasteiger partial charge in [0.15, 0.2) is 17.2 Å². The predicted molar refractivity (Wildman–Crippen MR) is 83.5 cm³/mol. The fourth-order valence-corrected chi connectivity index (χ4v) is 2.55. The van der Waals surface area contributed by atoms with Crippen LogP contribution in [0.3, 0.4) is 0 Å². The van der Waals surface area contributed by atoms with Crippen molar-refractivity contribution in [2.24, 2.45) is 0 Å². The van der Waals surface area contributed by atoms with Gasteiger partial charge >= 0.3 is 0 Å². The highest BCUT2D eigenvalue weighted by atomic mass is 35.5. The van der Waals surface area contributed by atoms with Crippen LogP contribution in [0.5, 0.6) is 0 Å². The van der Waals surface area contributed by atoms with E-state index in [1.54, 1.807) is 31.2 Å². The van der Waals surface area contributed by atoms with Gasteiger partial charge in [-0.3, -0.25) is 4.79 Å². The van der Waals surface area contributed by atoms with Crippen LogP contribution in [-0.2, 0) is 6.54 Å². The maximum Gasteiger partial charge on any atom is 0.287 e. The summed E-state index contributed by atoms with van der Waals surface area (Å²) in [5, 5.41) is 3.96. The quantitative estimate of drug-likeness (QED) is 0.774. The number of aryl methyl sites for hydroxylation is 1. The minimum atomic E-state index is -0.477. The molecule has 0 atom stereocenters.